The molecule has 1 aliphatic rings. The number of nitrogens with zero attached hydrogens (tertiary/aromatic N) is 3. The summed E-state index contributed by atoms with van der Waals surface area (Å²) in [6, 6.07) is 12.1. The van der Waals surface area contributed by atoms with Gasteiger partial charge in [0.15, 0.2) is 0 Å². The molecule has 3 aromatic rings. The lowest BCUT2D eigenvalue weighted by molar-refractivity contribution is -0.132. The van der Waals surface area contributed by atoms with Crippen molar-refractivity contribution in [2.75, 3.05) is 12.3 Å². The Bertz CT molecular complexity index is 1040. The Balaban J connectivity index is 1.57. The molecule has 4 rings (SSSR count). The summed E-state index contributed by atoms with van der Waals surface area (Å²) in [5, 5.41) is 0. The predicted octanol–water partition coefficient (Wildman–Crippen LogP) is 4.30. The molecular weight excluding hydrogens is 386 g/mol. The van der Waals surface area contributed by atoms with Crippen LogP contribution in [0, 0.1) is 11.6 Å². The summed E-state index contributed by atoms with van der Waals surface area (Å²) in [6.45, 7) is 0.639. The van der Waals surface area contributed by atoms with Crippen LogP contribution in [0.3, 0.4) is 0 Å². The standard InChI is InChI=1S/C23H22F2N4O/c24-17-8-3-15(4-9-17)5-12-21(30)29-13-1-2-20(29)22-19(14-27-23(26)28-22)16-6-10-18(25)11-7-16/h3-4,6-11,14,20H,1-2,5,12-13H2,(H2,26,27,28)/t20-/m1/s1. The minimum atomic E-state index is -0.324. The summed E-state index contributed by atoms with van der Waals surface area (Å²) in [4.78, 5) is 23.4. The molecule has 0 unspecified atom stereocenters. The average Bonchev–Trinajstić information content (AvgIpc) is 3.24. The van der Waals surface area contributed by atoms with Gasteiger partial charge in [-0.1, -0.05) is 24.3 Å². The number of rotatable bonds is 5. The number of aromatic nitrogens is 2. The number of hydrogen-bond acceptors (Lipinski definition) is 4. The zero-order valence-electron chi connectivity index (χ0n) is 16.4. The van der Waals surface area contributed by atoms with Crippen molar-refractivity contribution in [2.24, 2.45) is 0 Å². The highest BCUT2D eigenvalue weighted by Crippen LogP contribution is 2.37. The van der Waals surface area contributed by atoms with E-state index < -0.39 is 0 Å². The Hall–Kier alpha value is -3.35. The third-order valence-corrected chi connectivity index (χ3v) is 5.42. The van der Waals surface area contributed by atoms with Crippen molar-refractivity contribution in [3.63, 3.8) is 0 Å². The van der Waals surface area contributed by atoms with Gasteiger partial charge in [0.25, 0.3) is 0 Å². The van der Waals surface area contributed by atoms with Crippen molar-refractivity contribution in [2.45, 2.75) is 31.7 Å². The lowest BCUT2D eigenvalue weighted by Gasteiger charge is -2.26. The van der Waals surface area contributed by atoms with Crippen molar-refractivity contribution < 1.29 is 13.6 Å². The average molecular weight is 408 g/mol. The lowest BCUT2D eigenvalue weighted by Crippen LogP contribution is -2.31. The van der Waals surface area contributed by atoms with Crippen LogP contribution < -0.4 is 5.73 Å². The summed E-state index contributed by atoms with van der Waals surface area (Å²) in [5.41, 5.74) is 8.97. The van der Waals surface area contributed by atoms with E-state index in [9.17, 15) is 13.6 Å². The monoisotopic (exact) mass is 408 g/mol. The number of nitrogens with two attached hydrogens (primary N) is 1. The Morgan fingerprint density at radius 1 is 1.07 bits per heavy atom. The van der Waals surface area contributed by atoms with E-state index in [1.54, 1.807) is 30.5 Å². The van der Waals surface area contributed by atoms with E-state index in [0.717, 1.165) is 29.5 Å². The van der Waals surface area contributed by atoms with Gasteiger partial charge in [-0.2, -0.15) is 0 Å². The van der Waals surface area contributed by atoms with Gasteiger partial charge >= 0.3 is 0 Å². The van der Waals surface area contributed by atoms with E-state index in [4.69, 9.17) is 5.73 Å². The smallest absolute Gasteiger partial charge is 0.223 e. The molecular formula is C23H22F2N4O. The van der Waals surface area contributed by atoms with E-state index in [-0.39, 0.29) is 29.5 Å². The maximum atomic E-state index is 13.4. The van der Waals surface area contributed by atoms with Gasteiger partial charge in [0.2, 0.25) is 11.9 Å². The Kier molecular flexibility index (Phi) is 5.70. The maximum absolute atomic E-state index is 13.4. The third-order valence-electron chi connectivity index (χ3n) is 5.42. The van der Waals surface area contributed by atoms with Gasteiger partial charge in [0.1, 0.15) is 11.6 Å². The second-order valence-corrected chi connectivity index (χ2v) is 7.41. The molecule has 1 amide bonds. The molecule has 2 N–H and O–H groups in total. The van der Waals surface area contributed by atoms with Crippen LogP contribution in [0.25, 0.3) is 11.1 Å². The highest BCUT2D eigenvalue weighted by Gasteiger charge is 2.32. The zero-order chi connectivity index (χ0) is 21.1. The minimum Gasteiger partial charge on any atom is -0.368 e. The highest BCUT2D eigenvalue weighted by molar-refractivity contribution is 5.78. The zero-order valence-corrected chi connectivity index (χ0v) is 16.4. The van der Waals surface area contributed by atoms with Crippen LogP contribution in [0.1, 0.15) is 36.6 Å². The highest BCUT2D eigenvalue weighted by atomic mass is 19.1. The Morgan fingerprint density at radius 3 is 2.43 bits per heavy atom. The number of hydrogen-bond donors (Lipinski definition) is 1. The summed E-state index contributed by atoms with van der Waals surface area (Å²) in [6.07, 6.45) is 4.13. The summed E-state index contributed by atoms with van der Waals surface area (Å²) in [5.74, 6) is -0.458. The van der Waals surface area contributed by atoms with Crippen LogP contribution in [0.4, 0.5) is 14.7 Å². The largest absolute Gasteiger partial charge is 0.368 e. The molecule has 1 fully saturated rings. The summed E-state index contributed by atoms with van der Waals surface area (Å²) >= 11 is 0. The Labute approximate surface area is 173 Å². The van der Waals surface area contributed by atoms with Crippen LogP contribution >= 0.6 is 0 Å². The van der Waals surface area contributed by atoms with E-state index in [0.29, 0.717) is 25.1 Å². The molecule has 7 heteroatoms. The van der Waals surface area contributed by atoms with Crippen molar-refractivity contribution in [3.05, 3.63) is 77.6 Å². The first-order chi connectivity index (χ1) is 14.5. The number of anilines is 1. The SMILES string of the molecule is Nc1ncc(-c2ccc(F)cc2)c([C@H]2CCCN2C(=O)CCc2ccc(F)cc2)n1. The summed E-state index contributed by atoms with van der Waals surface area (Å²) < 4.78 is 26.4. The van der Waals surface area contributed by atoms with Crippen LogP contribution in [-0.2, 0) is 11.2 Å². The fraction of sp³-hybridized carbons (Fsp3) is 0.261. The molecule has 0 radical (unpaired) electrons. The number of carbonyl (C=O) groups excluding carboxylic acids is 1. The topological polar surface area (TPSA) is 72.1 Å². The molecule has 2 aromatic carbocycles. The first-order valence-electron chi connectivity index (χ1n) is 9.93. The van der Waals surface area contributed by atoms with Crippen molar-refractivity contribution in [1.29, 1.82) is 0 Å². The number of nitrogen functional groups attached to an aromatic ring is 1. The molecule has 0 bridgehead atoms. The molecule has 0 saturated carbocycles. The van der Waals surface area contributed by atoms with Gasteiger partial charge in [-0.05, 0) is 54.7 Å². The van der Waals surface area contributed by atoms with Crippen LogP contribution in [0.2, 0.25) is 0 Å². The van der Waals surface area contributed by atoms with Crippen LogP contribution in [-0.4, -0.2) is 27.3 Å². The molecule has 1 aliphatic heterocycles. The van der Waals surface area contributed by atoms with Gasteiger partial charge < -0.3 is 10.6 Å². The first kappa shape index (κ1) is 19.9. The third kappa shape index (κ3) is 4.30. The second kappa shape index (κ2) is 8.57. The van der Waals surface area contributed by atoms with Gasteiger partial charge in [-0.15, -0.1) is 0 Å². The van der Waals surface area contributed by atoms with Crippen molar-refractivity contribution in [1.82, 2.24) is 14.9 Å². The van der Waals surface area contributed by atoms with Gasteiger partial charge in [0, 0.05) is 24.7 Å². The summed E-state index contributed by atoms with van der Waals surface area (Å²) in [7, 11) is 0. The number of aryl methyl sites for hydroxylation is 1. The van der Waals surface area contributed by atoms with Crippen LogP contribution in [0.15, 0.2) is 54.7 Å². The number of halogens is 2. The lowest BCUT2D eigenvalue weighted by atomic mass is 9.99. The minimum absolute atomic E-state index is 0.0177. The molecule has 154 valence electrons. The Morgan fingerprint density at radius 2 is 1.73 bits per heavy atom. The predicted molar refractivity (Wildman–Crippen MR) is 110 cm³/mol. The fourth-order valence-electron chi connectivity index (χ4n) is 3.91. The second-order valence-electron chi connectivity index (χ2n) is 7.41. The molecule has 1 aromatic heterocycles. The van der Waals surface area contributed by atoms with E-state index in [1.807, 2.05) is 4.90 Å². The number of benzene rings is 2. The van der Waals surface area contributed by atoms with Gasteiger partial charge in [-0.3, -0.25) is 4.79 Å². The molecule has 2 heterocycles. The van der Waals surface area contributed by atoms with E-state index in [1.165, 1.54) is 24.3 Å². The molecule has 30 heavy (non-hydrogen) atoms. The number of likely N-dealkylation sites (tertiary alicyclic amines) is 1. The first-order valence-corrected chi connectivity index (χ1v) is 9.93. The van der Waals surface area contributed by atoms with Crippen molar-refractivity contribution in [3.8, 4) is 11.1 Å². The molecule has 0 spiro atoms. The number of amides is 1. The quantitative estimate of drug-likeness (QED) is 0.683. The van der Waals surface area contributed by atoms with Gasteiger partial charge in [0.05, 0.1) is 11.7 Å². The van der Waals surface area contributed by atoms with E-state index >= 15 is 0 Å². The fourth-order valence-corrected chi connectivity index (χ4v) is 3.91. The van der Waals surface area contributed by atoms with E-state index in [2.05, 4.69) is 9.97 Å². The molecule has 0 aliphatic carbocycles. The van der Waals surface area contributed by atoms with Crippen LogP contribution in [0.5, 0.6) is 0 Å². The normalized spacial score (nSPS) is 16.1. The number of carbonyl (C=O) groups is 1. The van der Waals surface area contributed by atoms with Crippen molar-refractivity contribution >= 4 is 11.9 Å². The maximum Gasteiger partial charge on any atom is 0.223 e. The van der Waals surface area contributed by atoms with Gasteiger partial charge in [-0.25, -0.2) is 18.7 Å². The molecule has 1 atom stereocenters. The molecule has 5 nitrogen and oxygen atoms in total. The molecule has 1 saturated heterocycles.